The number of aromatic hydroxyl groups is 2. The van der Waals surface area contributed by atoms with Crippen LogP contribution in [-0.2, 0) is 11.2 Å². The van der Waals surface area contributed by atoms with Crippen LogP contribution in [0.25, 0.3) is 0 Å². The van der Waals surface area contributed by atoms with Gasteiger partial charge in [0.2, 0.25) is 5.88 Å². The van der Waals surface area contributed by atoms with Crippen LogP contribution in [0.1, 0.15) is 29.9 Å². The Bertz CT molecular complexity index is 368. The maximum atomic E-state index is 11.2. The number of aromatic amines is 1. The van der Waals surface area contributed by atoms with E-state index in [9.17, 15) is 15.0 Å². The van der Waals surface area contributed by atoms with Crippen LogP contribution < -0.4 is 0 Å². The van der Waals surface area contributed by atoms with E-state index in [1.54, 1.807) is 0 Å². The third-order valence-corrected chi connectivity index (χ3v) is 2.03. The molecule has 1 aromatic heterocycles. The number of carbonyl (C=O) groups excluding carboxylic acids is 1. The fraction of sp³-hybridized carbons (Fsp3) is 0.500. The molecule has 1 heterocycles. The Balaban J connectivity index is 3.09. The van der Waals surface area contributed by atoms with Crippen molar-refractivity contribution in [2.45, 2.75) is 20.3 Å². The van der Waals surface area contributed by atoms with Crippen LogP contribution in [-0.4, -0.2) is 28.3 Å². The Hall–Kier alpha value is -1.65. The average Bonchev–Trinajstić information content (AvgIpc) is 2.40. The number of nitrogens with one attached hydrogen (secondary N) is 1. The lowest BCUT2D eigenvalue weighted by atomic mass is 10.1. The molecular weight excluding hydrogens is 198 g/mol. The molecule has 15 heavy (non-hydrogen) atoms. The Morgan fingerprint density at radius 2 is 2.07 bits per heavy atom. The van der Waals surface area contributed by atoms with Gasteiger partial charge < -0.3 is 19.9 Å². The monoisotopic (exact) mass is 213 g/mol. The number of hydrogen-bond donors (Lipinski definition) is 3. The van der Waals surface area contributed by atoms with E-state index in [1.165, 1.54) is 7.11 Å². The summed E-state index contributed by atoms with van der Waals surface area (Å²) < 4.78 is 4.44. The van der Waals surface area contributed by atoms with Crippen molar-refractivity contribution in [1.82, 2.24) is 4.98 Å². The molecule has 0 radical (unpaired) electrons. The van der Waals surface area contributed by atoms with Crippen molar-refractivity contribution in [2.75, 3.05) is 7.11 Å². The maximum Gasteiger partial charge on any atom is 0.347 e. The topological polar surface area (TPSA) is 82.5 Å². The first-order chi connectivity index (χ1) is 6.97. The van der Waals surface area contributed by atoms with Gasteiger partial charge in [-0.25, -0.2) is 4.79 Å². The minimum Gasteiger partial charge on any atom is -0.505 e. The lowest BCUT2D eigenvalue weighted by Gasteiger charge is -2.02. The van der Waals surface area contributed by atoms with Gasteiger partial charge in [-0.05, 0) is 12.3 Å². The summed E-state index contributed by atoms with van der Waals surface area (Å²) in [5.74, 6) is -1.03. The van der Waals surface area contributed by atoms with E-state index in [0.717, 1.165) is 0 Å². The molecule has 0 aliphatic heterocycles. The standard InChI is InChI=1S/C10H15NO4/c1-5(2)4-6-8(12)7(9(13)11-6)10(14)15-3/h5,11-13H,4H2,1-3H3. The summed E-state index contributed by atoms with van der Waals surface area (Å²) in [7, 11) is 1.19. The van der Waals surface area contributed by atoms with E-state index in [2.05, 4.69) is 9.72 Å². The predicted molar refractivity (Wildman–Crippen MR) is 54.0 cm³/mol. The van der Waals surface area contributed by atoms with Crippen molar-refractivity contribution < 1.29 is 19.7 Å². The Morgan fingerprint density at radius 3 is 2.53 bits per heavy atom. The highest BCUT2D eigenvalue weighted by molar-refractivity contribution is 5.95. The minimum atomic E-state index is -0.753. The van der Waals surface area contributed by atoms with Crippen molar-refractivity contribution in [3.8, 4) is 11.6 Å². The molecule has 0 atom stereocenters. The van der Waals surface area contributed by atoms with Crippen LogP contribution in [0, 0.1) is 5.92 Å². The van der Waals surface area contributed by atoms with Crippen LogP contribution in [0.15, 0.2) is 0 Å². The number of esters is 1. The molecule has 0 saturated carbocycles. The molecule has 1 rings (SSSR count). The molecule has 0 aliphatic rings. The first-order valence-corrected chi connectivity index (χ1v) is 4.68. The number of hydrogen-bond acceptors (Lipinski definition) is 4. The maximum absolute atomic E-state index is 11.2. The second-order valence-electron chi connectivity index (χ2n) is 3.77. The van der Waals surface area contributed by atoms with E-state index in [-0.39, 0.29) is 17.2 Å². The third-order valence-electron chi connectivity index (χ3n) is 2.03. The van der Waals surface area contributed by atoms with Gasteiger partial charge in [-0.1, -0.05) is 13.8 Å². The number of ether oxygens (including phenoxy) is 1. The zero-order chi connectivity index (χ0) is 11.6. The minimum absolute atomic E-state index is 0.201. The van der Waals surface area contributed by atoms with Gasteiger partial charge in [0, 0.05) is 0 Å². The fourth-order valence-electron chi connectivity index (χ4n) is 1.38. The molecule has 3 N–H and O–H groups in total. The highest BCUT2D eigenvalue weighted by Crippen LogP contribution is 2.32. The predicted octanol–water partition coefficient (Wildman–Crippen LogP) is 1.41. The van der Waals surface area contributed by atoms with E-state index >= 15 is 0 Å². The lowest BCUT2D eigenvalue weighted by molar-refractivity contribution is 0.0594. The SMILES string of the molecule is COC(=O)c1c(O)[nH]c(CC(C)C)c1O. The molecule has 0 saturated heterocycles. The first-order valence-electron chi connectivity index (χ1n) is 4.68. The smallest absolute Gasteiger partial charge is 0.347 e. The highest BCUT2D eigenvalue weighted by atomic mass is 16.5. The normalized spacial score (nSPS) is 10.7. The number of carbonyl (C=O) groups is 1. The molecule has 0 bridgehead atoms. The summed E-state index contributed by atoms with van der Waals surface area (Å²) >= 11 is 0. The first kappa shape index (κ1) is 11.4. The van der Waals surface area contributed by atoms with Crippen molar-refractivity contribution in [2.24, 2.45) is 5.92 Å². The highest BCUT2D eigenvalue weighted by Gasteiger charge is 2.23. The van der Waals surface area contributed by atoms with Crippen molar-refractivity contribution in [3.63, 3.8) is 0 Å². The number of H-pyrrole nitrogens is 1. The number of rotatable bonds is 3. The second kappa shape index (κ2) is 4.25. The van der Waals surface area contributed by atoms with Gasteiger partial charge in [0.1, 0.15) is 0 Å². The van der Waals surface area contributed by atoms with Gasteiger partial charge in [-0.2, -0.15) is 0 Å². The van der Waals surface area contributed by atoms with Crippen LogP contribution in [0.4, 0.5) is 0 Å². The Morgan fingerprint density at radius 1 is 1.47 bits per heavy atom. The van der Waals surface area contributed by atoms with Crippen LogP contribution >= 0.6 is 0 Å². The largest absolute Gasteiger partial charge is 0.505 e. The average molecular weight is 213 g/mol. The molecule has 84 valence electrons. The molecule has 0 unspecified atom stereocenters. The molecule has 0 aromatic carbocycles. The summed E-state index contributed by atoms with van der Waals surface area (Å²) in [6.45, 7) is 3.93. The summed E-state index contributed by atoms with van der Waals surface area (Å²) in [4.78, 5) is 13.8. The summed E-state index contributed by atoms with van der Waals surface area (Å²) in [5, 5.41) is 19.1. The third kappa shape index (κ3) is 2.23. The van der Waals surface area contributed by atoms with Gasteiger partial charge in [0.25, 0.3) is 0 Å². The van der Waals surface area contributed by atoms with Gasteiger partial charge >= 0.3 is 5.97 Å². The lowest BCUT2D eigenvalue weighted by Crippen LogP contribution is -2.00. The summed E-state index contributed by atoms with van der Waals surface area (Å²) in [6, 6.07) is 0. The van der Waals surface area contributed by atoms with Crippen LogP contribution in [0.3, 0.4) is 0 Å². The quantitative estimate of drug-likeness (QED) is 0.663. The van der Waals surface area contributed by atoms with Crippen LogP contribution in [0.5, 0.6) is 11.6 Å². The van der Waals surface area contributed by atoms with Crippen LogP contribution in [0.2, 0.25) is 0 Å². The number of aromatic nitrogens is 1. The fourth-order valence-corrected chi connectivity index (χ4v) is 1.38. The Labute approximate surface area is 87.7 Å². The summed E-state index contributed by atoms with van der Waals surface area (Å²) in [6.07, 6.45) is 0.552. The van der Waals surface area contributed by atoms with E-state index in [0.29, 0.717) is 18.0 Å². The van der Waals surface area contributed by atoms with Gasteiger partial charge in [0.15, 0.2) is 11.3 Å². The summed E-state index contributed by atoms with van der Waals surface area (Å²) in [5.41, 5.74) is 0.246. The molecule has 0 fully saturated rings. The molecule has 5 nitrogen and oxygen atoms in total. The van der Waals surface area contributed by atoms with Crippen molar-refractivity contribution in [1.29, 1.82) is 0 Å². The molecule has 0 amide bonds. The zero-order valence-electron chi connectivity index (χ0n) is 9.00. The van der Waals surface area contributed by atoms with E-state index in [1.807, 2.05) is 13.8 Å². The molecular formula is C10H15NO4. The van der Waals surface area contributed by atoms with Gasteiger partial charge in [-0.15, -0.1) is 0 Å². The molecule has 0 aliphatic carbocycles. The van der Waals surface area contributed by atoms with Crippen molar-refractivity contribution in [3.05, 3.63) is 11.3 Å². The van der Waals surface area contributed by atoms with E-state index < -0.39 is 5.97 Å². The molecule has 0 spiro atoms. The van der Waals surface area contributed by atoms with Gasteiger partial charge in [0.05, 0.1) is 12.8 Å². The second-order valence-corrected chi connectivity index (χ2v) is 3.77. The van der Waals surface area contributed by atoms with Crippen molar-refractivity contribution >= 4 is 5.97 Å². The number of methoxy groups -OCH3 is 1. The van der Waals surface area contributed by atoms with Gasteiger partial charge in [-0.3, -0.25) is 0 Å². The zero-order valence-corrected chi connectivity index (χ0v) is 9.00. The Kier molecular flexibility index (Phi) is 3.24. The molecule has 1 aromatic rings. The molecule has 5 heteroatoms. The van der Waals surface area contributed by atoms with E-state index in [4.69, 9.17) is 0 Å².